The standard InChI is InChI=1S/C13H17BrN4/c1-8-5-9(2)7-10(6-8)11(15-3)12-13(14)16-17-18(12)4/h5-7,11,15H,1-4H3. The van der Waals surface area contributed by atoms with Gasteiger partial charge < -0.3 is 5.32 Å². The second-order valence-electron chi connectivity index (χ2n) is 4.53. The van der Waals surface area contributed by atoms with Crippen molar-refractivity contribution in [2.75, 3.05) is 7.05 Å². The molecule has 0 spiro atoms. The summed E-state index contributed by atoms with van der Waals surface area (Å²) in [6.07, 6.45) is 0. The van der Waals surface area contributed by atoms with E-state index < -0.39 is 0 Å². The maximum atomic E-state index is 4.05. The second kappa shape index (κ2) is 5.20. The van der Waals surface area contributed by atoms with Gasteiger partial charge in [-0.2, -0.15) is 0 Å². The van der Waals surface area contributed by atoms with Gasteiger partial charge in [0.25, 0.3) is 0 Å². The summed E-state index contributed by atoms with van der Waals surface area (Å²) in [6, 6.07) is 6.63. The minimum absolute atomic E-state index is 0.0815. The number of rotatable bonds is 3. The fraction of sp³-hybridized carbons (Fsp3) is 0.385. The molecule has 18 heavy (non-hydrogen) atoms. The number of benzene rings is 1. The van der Waals surface area contributed by atoms with E-state index in [0.29, 0.717) is 0 Å². The van der Waals surface area contributed by atoms with Gasteiger partial charge in [0.2, 0.25) is 0 Å². The maximum absolute atomic E-state index is 4.05. The van der Waals surface area contributed by atoms with Crippen LogP contribution in [0.3, 0.4) is 0 Å². The summed E-state index contributed by atoms with van der Waals surface area (Å²) in [6.45, 7) is 4.22. The van der Waals surface area contributed by atoms with E-state index in [0.717, 1.165) is 10.3 Å². The SMILES string of the molecule is CNC(c1cc(C)cc(C)c1)c1c(Br)nnn1C. The molecule has 0 saturated heterocycles. The fourth-order valence-electron chi connectivity index (χ4n) is 2.28. The molecule has 1 aromatic heterocycles. The molecule has 0 fully saturated rings. The first-order valence-electron chi connectivity index (χ1n) is 5.83. The van der Waals surface area contributed by atoms with Crippen molar-refractivity contribution < 1.29 is 0 Å². The van der Waals surface area contributed by atoms with E-state index in [1.165, 1.54) is 16.7 Å². The molecular formula is C13H17BrN4. The van der Waals surface area contributed by atoms with Crippen molar-refractivity contribution >= 4 is 15.9 Å². The van der Waals surface area contributed by atoms with Gasteiger partial charge in [-0.25, -0.2) is 4.68 Å². The largest absolute Gasteiger partial charge is 0.308 e. The van der Waals surface area contributed by atoms with Gasteiger partial charge in [0, 0.05) is 7.05 Å². The number of nitrogens with one attached hydrogen (secondary N) is 1. The topological polar surface area (TPSA) is 42.7 Å². The van der Waals surface area contributed by atoms with E-state index in [1.54, 1.807) is 4.68 Å². The van der Waals surface area contributed by atoms with E-state index >= 15 is 0 Å². The quantitative estimate of drug-likeness (QED) is 0.947. The molecule has 96 valence electrons. The number of aryl methyl sites for hydroxylation is 3. The molecule has 0 aliphatic heterocycles. The molecule has 1 heterocycles. The van der Waals surface area contributed by atoms with Gasteiger partial charge in [0.05, 0.1) is 11.7 Å². The van der Waals surface area contributed by atoms with Gasteiger partial charge in [0.1, 0.15) is 0 Å². The highest BCUT2D eigenvalue weighted by Gasteiger charge is 2.20. The lowest BCUT2D eigenvalue weighted by Crippen LogP contribution is -2.21. The minimum atomic E-state index is 0.0815. The summed E-state index contributed by atoms with van der Waals surface area (Å²) in [7, 11) is 3.85. The third-order valence-corrected chi connectivity index (χ3v) is 3.53. The predicted molar refractivity (Wildman–Crippen MR) is 75.5 cm³/mol. The highest BCUT2D eigenvalue weighted by atomic mass is 79.9. The Morgan fingerprint density at radius 2 is 1.83 bits per heavy atom. The lowest BCUT2D eigenvalue weighted by molar-refractivity contribution is 0.596. The molecule has 1 atom stereocenters. The van der Waals surface area contributed by atoms with Crippen LogP contribution in [0.5, 0.6) is 0 Å². The number of hydrogen-bond acceptors (Lipinski definition) is 3. The molecule has 1 unspecified atom stereocenters. The van der Waals surface area contributed by atoms with Gasteiger partial charge in [0.15, 0.2) is 4.60 Å². The molecule has 0 amide bonds. The van der Waals surface area contributed by atoms with Crippen molar-refractivity contribution in [3.05, 3.63) is 45.2 Å². The Morgan fingerprint density at radius 3 is 2.28 bits per heavy atom. The Labute approximate surface area is 116 Å². The Kier molecular flexibility index (Phi) is 3.82. The predicted octanol–water partition coefficient (Wildman–Crippen LogP) is 2.50. The Bertz CT molecular complexity index is 522. The molecule has 0 radical (unpaired) electrons. The first-order valence-corrected chi connectivity index (χ1v) is 6.62. The normalized spacial score (nSPS) is 12.7. The molecule has 1 N–H and O–H groups in total. The van der Waals surface area contributed by atoms with Crippen LogP contribution in [-0.4, -0.2) is 22.0 Å². The van der Waals surface area contributed by atoms with Crippen LogP contribution >= 0.6 is 15.9 Å². The van der Waals surface area contributed by atoms with Gasteiger partial charge in [-0.15, -0.1) is 5.10 Å². The Hall–Kier alpha value is -1.20. The van der Waals surface area contributed by atoms with Crippen molar-refractivity contribution in [1.82, 2.24) is 20.3 Å². The number of aromatic nitrogens is 3. The van der Waals surface area contributed by atoms with Gasteiger partial charge in [-0.05, 0) is 42.4 Å². The van der Waals surface area contributed by atoms with Crippen LogP contribution in [0.2, 0.25) is 0 Å². The van der Waals surface area contributed by atoms with Crippen LogP contribution in [0.25, 0.3) is 0 Å². The molecule has 0 aliphatic carbocycles. The Balaban J connectivity index is 2.52. The molecule has 2 aromatic rings. The van der Waals surface area contributed by atoms with E-state index in [2.05, 4.69) is 63.6 Å². The molecule has 1 aromatic carbocycles. The number of nitrogens with zero attached hydrogens (tertiary/aromatic N) is 3. The van der Waals surface area contributed by atoms with Gasteiger partial charge in [-0.3, -0.25) is 0 Å². The zero-order valence-electron chi connectivity index (χ0n) is 11.0. The molecule has 0 saturated carbocycles. The highest BCUT2D eigenvalue weighted by Crippen LogP contribution is 2.27. The summed E-state index contributed by atoms with van der Waals surface area (Å²) in [4.78, 5) is 0. The van der Waals surface area contributed by atoms with E-state index in [-0.39, 0.29) is 6.04 Å². The molecule has 2 rings (SSSR count). The van der Waals surface area contributed by atoms with Crippen LogP contribution in [0, 0.1) is 13.8 Å². The van der Waals surface area contributed by atoms with E-state index in [1.807, 2.05) is 14.1 Å². The van der Waals surface area contributed by atoms with Gasteiger partial charge >= 0.3 is 0 Å². The van der Waals surface area contributed by atoms with Crippen molar-refractivity contribution in [2.45, 2.75) is 19.9 Å². The second-order valence-corrected chi connectivity index (χ2v) is 5.28. The minimum Gasteiger partial charge on any atom is -0.308 e. The summed E-state index contributed by atoms with van der Waals surface area (Å²) >= 11 is 3.46. The first-order chi connectivity index (χ1) is 8.52. The average Bonchev–Trinajstić information content (AvgIpc) is 2.61. The third kappa shape index (κ3) is 2.47. The number of hydrogen-bond donors (Lipinski definition) is 1. The van der Waals surface area contributed by atoms with Crippen molar-refractivity contribution in [1.29, 1.82) is 0 Å². The summed E-state index contributed by atoms with van der Waals surface area (Å²) < 4.78 is 2.58. The first kappa shape index (κ1) is 13.2. The maximum Gasteiger partial charge on any atom is 0.153 e. The zero-order chi connectivity index (χ0) is 13.3. The van der Waals surface area contributed by atoms with Crippen molar-refractivity contribution in [3.8, 4) is 0 Å². The molecule has 4 nitrogen and oxygen atoms in total. The molecule has 0 aliphatic rings. The monoisotopic (exact) mass is 308 g/mol. The summed E-state index contributed by atoms with van der Waals surface area (Å²) in [5.74, 6) is 0. The lowest BCUT2D eigenvalue weighted by Gasteiger charge is -2.18. The van der Waals surface area contributed by atoms with Crippen LogP contribution in [0.4, 0.5) is 0 Å². The van der Waals surface area contributed by atoms with Crippen molar-refractivity contribution in [3.63, 3.8) is 0 Å². The van der Waals surface area contributed by atoms with E-state index in [4.69, 9.17) is 0 Å². The highest BCUT2D eigenvalue weighted by molar-refractivity contribution is 9.10. The van der Waals surface area contributed by atoms with Crippen LogP contribution < -0.4 is 5.32 Å². The Morgan fingerprint density at radius 1 is 1.22 bits per heavy atom. The van der Waals surface area contributed by atoms with Crippen LogP contribution in [0.1, 0.15) is 28.4 Å². The summed E-state index contributed by atoms with van der Waals surface area (Å²) in [5.41, 5.74) is 4.77. The fourth-order valence-corrected chi connectivity index (χ4v) is 2.84. The smallest absolute Gasteiger partial charge is 0.153 e. The summed E-state index contributed by atoms with van der Waals surface area (Å²) in [5, 5.41) is 11.4. The molecule has 5 heteroatoms. The van der Waals surface area contributed by atoms with E-state index in [9.17, 15) is 0 Å². The molecular weight excluding hydrogens is 292 g/mol. The lowest BCUT2D eigenvalue weighted by atomic mass is 9.99. The average molecular weight is 309 g/mol. The van der Waals surface area contributed by atoms with Gasteiger partial charge in [-0.1, -0.05) is 34.5 Å². The zero-order valence-corrected chi connectivity index (χ0v) is 12.6. The number of halogens is 1. The van der Waals surface area contributed by atoms with Crippen LogP contribution in [0.15, 0.2) is 22.8 Å². The van der Waals surface area contributed by atoms with Crippen LogP contribution in [-0.2, 0) is 7.05 Å². The molecule has 0 bridgehead atoms. The third-order valence-electron chi connectivity index (χ3n) is 2.97. The van der Waals surface area contributed by atoms with Crippen molar-refractivity contribution in [2.24, 2.45) is 7.05 Å².